The van der Waals surface area contributed by atoms with Crippen LogP contribution in [0.4, 0.5) is 18.9 Å². The topological polar surface area (TPSA) is 68.0 Å². The Morgan fingerprint density at radius 3 is 2.62 bits per heavy atom. The SMILES string of the molecule is O=C(Nc1cccc(-c2cnco2)c1)c1csc(-c2cccc(C(F)(F)F)c2)n1. The van der Waals surface area contributed by atoms with Gasteiger partial charge in [-0.2, -0.15) is 13.2 Å². The molecule has 0 aliphatic rings. The normalized spacial score (nSPS) is 11.4. The number of alkyl halides is 3. The number of carbonyl (C=O) groups is 1. The first kappa shape index (κ1) is 18.9. The van der Waals surface area contributed by atoms with Gasteiger partial charge in [-0.15, -0.1) is 11.3 Å². The fourth-order valence-corrected chi connectivity index (χ4v) is 3.44. The molecule has 4 aromatic rings. The molecule has 29 heavy (non-hydrogen) atoms. The number of amides is 1. The monoisotopic (exact) mass is 415 g/mol. The van der Waals surface area contributed by atoms with E-state index in [0.717, 1.165) is 29.0 Å². The summed E-state index contributed by atoms with van der Waals surface area (Å²) >= 11 is 1.10. The Kier molecular flexibility index (Phi) is 4.89. The fraction of sp³-hybridized carbons (Fsp3) is 0.0500. The molecule has 0 saturated heterocycles. The fourth-order valence-electron chi connectivity index (χ4n) is 2.64. The van der Waals surface area contributed by atoms with Crippen LogP contribution in [0.3, 0.4) is 0 Å². The maximum atomic E-state index is 12.9. The summed E-state index contributed by atoms with van der Waals surface area (Å²) in [5.41, 5.74) is 0.921. The smallest absolute Gasteiger partial charge is 0.416 e. The van der Waals surface area contributed by atoms with E-state index in [0.29, 0.717) is 22.0 Å². The van der Waals surface area contributed by atoms with Crippen molar-refractivity contribution in [1.82, 2.24) is 9.97 Å². The van der Waals surface area contributed by atoms with Crippen LogP contribution in [0.2, 0.25) is 0 Å². The number of nitrogens with one attached hydrogen (secondary N) is 1. The number of hydrogen-bond acceptors (Lipinski definition) is 5. The van der Waals surface area contributed by atoms with Crippen LogP contribution in [0.5, 0.6) is 0 Å². The Bertz CT molecular complexity index is 1150. The van der Waals surface area contributed by atoms with Gasteiger partial charge in [-0.05, 0) is 24.3 Å². The van der Waals surface area contributed by atoms with Gasteiger partial charge in [0, 0.05) is 22.2 Å². The number of rotatable bonds is 4. The third-order valence-electron chi connectivity index (χ3n) is 4.01. The highest BCUT2D eigenvalue weighted by Gasteiger charge is 2.30. The van der Waals surface area contributed by atoms with Crippen molar-refractivity contribution >= 4 is 22.9 Å². The van der Waals surface area contributed by atoms with Crippen molar-refractivity contribution < 1.29 is 22.4 Å². The lowest BCUT2D eigenvalue weighted by Crippen LogP contribution is -2.12. The average molecular weight is 415 g/mol. The number of oxazole rings is 1. The quantitative estimate of drug-likeness (QED) is 0.462. The van der Waals surface area contributed by atoms with Crippen molar-refractivity contribution in [1.29, 1.82) is 0 Å². The number of nitrogens with zero attached hydrogens (tertiary/aromatic N) is 2. The molecular formula is C20H12F3N3O2S. The first-order valence-corrected chi connectivity index (χ1v) is 9.21. The molecule has 0 atom stereocenters. The molecule has 1 N–H and O–H groups in total. The van der Waals surface area contributed by atoms with Crippen LogP contribution in [0.1, 0.15) is 16.1 Å². The summed E-state index contributed by atoms with van der Waals surface area (Å²) in [5.74, 6) is 0.0933. The van der Waals surface area contributed by atoms with E-state index in [2.05, 4.69) is 15.3 Å². The van der Waals surface area contributed by atoms with Gasteiger partial charge in [0.05, 0.1) is 11.8 Å². The summed E-state index contributed by atoms with van der Waals surface area (Å²) in [7, 11) is 0. The maximum absolute atomic E-state index is 12.9. The van der Waals surface area contributed by atoms with Crippen LogP contribution in [-0.4, -0.2) is 15.9 Å². The molecule has 0 spiro atoms. The molecule has 9 heteroatoms. The number of benzene rings is 2. The first-order valence-electron chi connectivity index (χ1n) is 8.33. The predicted molar refractivity (Wildman–Crippen MR) is 102 cm³/mol. The molecular weight excluding hydrogens is 403 g/mol. The lowest BCUT2D eigenvalue weighted by Gasteiger charge is -2.07. The van der Waals surface area contributed by atoms with Crippen LogP contribution in [-0.2, 0) is 6.18 Å². The number of carbonyl (C=O) groups excluding carboxylic acids is 1. The molecule has 1 amide bonds. The van der Waals surface area contributed by atoms with E-state index >= 15 is 0 Å². The highest BCUT2D eigenvalue weighted by Crippen LogP contribution is 2.33. The number of aromatic nitrogens is 2. The molecule has 4 rings (SSSR count). The highest BCUT2D eigenvalue weighted by atomic mass is 32.1. The zero-order valence-corrected chi connectivity index (χ0v) is 15.4. The summed E-state index contributed by atoms with van der Waals surface area (Å²) in [6, 6.07) is 11.8. The molecule has 0 saturated carbocycles. The molecule has 5 nitrogen and oxygen atoms in total. The molecule has 2 aromatic carbocycles. The van der Waals surface area contributed by atoms with Crippen molar-refractivity contribution in [3.8, 4) is 21.9 Å². The summed E-state index contributed by atoms with van der Waals surface area (Å²) in [4.78, 5) is 20.5. The molecule has 146 valence electrons. The summed E-state index contributed by atoms with van der Waals surface area (Å²) in [6.45, 7) is 0. The average Bonchev–Trinajstić information content (AvgIpc) is 3.40. The lowest BCUT2D eigenvalue weighted by molar-refractivity contribution is -0.137. The Morgan fingerprint density at radius 2 is 1.86 bits per heavy atom. The summed E-state index contributed by atoms with van der Waals surface area (Å²) < 4.78 is 43.9. The van der Waals surface area contributed by atoms with Gasteiger partial charge in [-0.3, -0.25) is 4.79 Å². The molecule has 0 bridgehead atoms. The molecule has 2 aromatic heterocycles. The Labute approximate surface area is 166 Å². The van der Waals surface area contributed by atoms with Crippen LogP contribution < -0.4 is 5.32 Å². The van der Waals surface area contributed by atoms with E-state index in [4.69, 9.17) is 4.42 Å². The van der Waals surface area contributed by atoms with Crippen LogP contribution in [0, 0.1) is 0 Å². The van der Waals surface area contributed by atoms with Crippen LogP contribution >= 0.6 is 11.3 Å². The Morgan fingerprint density at radius 1 is 1.07 bits per heavy atom. The Balaban J connectivity index is 1.53. The standard InChI is InChI=1S/C20H12F3N3O2S/c21-20(22,23)14-5-1-4-13(7-14)19-26-16(10-29-19)18(27)25-15-6-2-3-12(8-15)17-9-24-11-28-17/h1-11H,(H,25,27). The number of halogens is 3. The third kappa shape index (κ3) is 4.19. The largest absolute Gasteiger partial charge is 0.444 e. The van der Waals surface area contributed by atoms with Gasteiger partial charge in [0.1, 0.15) is 10.7 Å². The van der Waals surface area contributed by atoms with E-state index < -0.39 is 17.6 Å². The van der Waals surface area contributed by atoms with Crippen molar-refractivity contribution in [3.63, 3.8) is 0 Å². The van der Waals surface area contributed by atoms with Gasteiger partial charge in [0.25, 0.3) is 5.91 Å². The number of hydrogen-bond donors (Lipinski definition) is 1. The number of anilines is 1. The second kappa shape index (κ2) is 7.51. The van der Waals surface area contributed by atoms with Crippen molar-refractivity contribution in [2.45, 2.75) is 6.18 Å². The van der Waals surface area contributed by atoms with Gasteiger partial charge in [0.15, 0.2) is 12.2 Å². The lowest BCUT2D eigenvalue weighted by atomic mass is 10.1. The van der Waals surface area contributed by atoms with Crippen molar-refractivity contribution in [3.05, 3.63) is 77.8 Å². The molecule has 0 aliphatic carbocycles. The van der Waals surface area contributed by atoms with Gasteiger partial charge >= 0.3 is 6.18 Å². The first-order chi connectivity index (χ1) is 13.9. The maximum Gasteiger partial charge on any atom is 0.416 e. The third-order valence-corrected chi connectivity index (χ3v) is 4.90. The minimum Gasteiger partial charge on any atom is -0.444 e. The molecule has 2 heterocycles. The van der Waals surface area contributed by atoms with Gasteiger partial charge in [-0.1, -0.05) is 24.3 Å². The highest BCUT2D eigenvalue weighted by molar-refractivity contribution is 7.13. The van der Waals surface area contributed by atoms with Crippen LogP contribution in [0.25, 0.3) is 21.9 Å². The van der Waals surface area contributed by atoms with E-state index in [1.165, 1.54) is 23.9 Å². The molecule has 0 unspecified atom stereocenters. The minimum absolute atomic E-state index is 0.118. The number of thiazole rings is 1. The van der Waals surface area contributed by atoms with E-state index in [-0.39, 0.29) is 5.69 Å². The Hall–Kier alpha value is -3.46. The molecule has 0 fully saturated rings. The summed E-state index contributed by atoms with van der Waals surface area (Å²) in [6.07, 6.45) is -1.57. The zero-order valence-electron chi connectivity index (χ0n) is 14.6. The van der Waals surface area contributed by atoms with Gasteiger partial charge in [-0.25, -0.2) is 9.97 Å². The van der Waals surface area contributed by atoms with Gasteiger partial charge in [0.2, 0.25) is 0 Å². The molecule has 0 aliphatic heterocycles. The molecule has 0 radical (unpaired) electrons. The second-order valence-corrected chi connectivity index (χ2v) is 6.88. The van der Waals surface area contributed by atoms with E-state index in [1.54, 1.807) is 24.4 Å². The zero-order chi connectivity index (χ0) is 20.4. The van der Waals surface area contributed by atoms with E-state index in [1.807, 2.05) is 6.07 Å². The minimum atomic E-state index is -4.44. The van der Waals surface area contributed by atoms with Crippen molar-refractivity contribution in [2.75, 3.05) is 5.32 Å². The predicted octanol–water partition coefficient (Wildman–Crippen LogP) is 5.74. The van der Waals surface area contributed by atoms with E-state index in [9.17, 15) is 18.0 Å². The van der Waals surface area contributed by atoms with Gasteiger partial charge < -0.3 is 9.73 Å². The summed E-state index contributed by atoms with van der Waals surface area (Å²) in [5, 5.41) is 4.56. The van der Waals surface area contributed by atoms with Crippen LogP contribution in [0.15, 0.2) is 70.9 Å². The second-order valence-electron chi connectivity index (χ2n) is 6.02. The van der Waals surface area contributed by atoms with Crippen molar-refractivity contribution in [2.24, 2.45) is 0 Å².